The van der Waals surface area contributed by atoms with E-state index < -0.39 is 16.1 Å². The molecule has 1 unspecified atom stereocenters. The normalized spacial score (nSPS) is 23.4. The molecular weight excluding hydrogens is 376 g/mol. The van der Waals surface area contributed by atoms with E-state index in [1.165, 1.54) is 15.6 Å². The number of hydrogen-bond donors (Lipinski definition) is 1. The highest BCUT2D eigenvalue weighted by molar-refractivity contribution is 9.11. The fourth-order valence-corrected chi connectivity index (χ4v) is 6.67. The predicted molar refractivity (Wildman–Crippen MR) is 84.8 cm³/mol. The fourth-order valence-electron chi connectivity index (χ4n) is 2.63. The maximum Gasteiger partial charge on any atom is 0.244 e. The van der Waals surface area contributed by atoms with Crippen molar-refractivity contribution in [3.05, 3.63) is 14.7 Å². The van der Waals surface area contributed by atoms with Crippen LogP contribution in [0.2, 0.25) is 0 Å². The number of nitrogens with zero attached hydrogens (tertiary/aromatic N) is 1. The number of thiophene rings is 1. The molecular formula is C13H17BrN2O3S2. The van der Waals surface area contributed by atoms with Crippen LogP contribution in [0.25, 0.3) is 0 Å². The van der Waals surface area contributed by atoms with E-state index in [0.717, 1.165) is 27.9 Å². The molecule has 1 saturated heterocycles. The number of nitrogens with one attached hydrogen (secondary N) is 1. The van der Waals surface area contributed by atoms with Crippen molar-refractivity contribution in [1.29, 1.82) is 0 Å². The smallest absolute Gasteiger partial charge is 0.244 e. The van der Waals surface area contributed by atoms with E-state index in [4.69, 9.17) is 0 Å². The number of halogens is 1. The van der Waals surface area contributed by atoms with Crippen molar-refractivity contribution in [2.75, 3.05) is 6.54 Å². The minimum atomic E-state index is -3.61. The summed E-state index contributed by atoms with van der Waals surface area (Å²) in [5, 5.41) is 2.92. The molecule has 2 fully saturated rings. The highest BCUT2D eigenvalue weighted by Gasteiger charge is 2.41. The van der Waals surface area contributed by atoms with Crippen molar-refractivity contribution in [2.45, 2.75) is 49.6 Å². The van der Waals surface area contributed by atoms with Crippen molar-refractivity contribution in [1.82, 2.24) is 9.62 Å². The largest absolute Gasteiger partial charge is 0.352 e. The summed E-state index contributed by atoms with van der Waals surface area (Å²) in [7, 11) is -3.61. The lowest BCUT2D eigenvalue weighted by atomic mass is 10.2. The zero-order chi connectivity index (χ0) is 15.2. The van der Waals surface area contributed by atoms with Crippen molar-refractivity contribution in [3.8, 4) is 0 Å². The predicted octanol–water partition coefficient (Wildman–Crippen LogP) is 2.25. The first kappa shape index (κ1) is 15.5. The third-order valence-corrected chi connectivity index (χ3v) is 7.58. The molecule has 1 aliphatic carbocycles. The van der Waals surface area contributed by atoms with Gasteiger partial charge >= 0.3 is 0 Å². The summed E-state index contributed by atoms with van der Waals surface area (Å²) >= 11 is 4.72. The van der Waals surface area contributed by atoms with Gasteiger partial charge in [-0.1, -0.05) is 0 Å². The van der Waals surface area contributed by atoms with Gasteiger partial charge in [-0.15, -0.1) is 11.3 Å². The highest BCUT2D eigenvalue weighted by atomic mass is 79.9. The molecule has 1 saturated carbocycles. The molecule has 8 heteroatoms. The SMILES string of the molecule is Cc1sc(Br)cc1S(=O)(=O)N1CCCC1C(=O)NC1CC1. The number of carbonyl (C=O) groups excluding carboxylic acids is 1. The standard InChI is InChI=1S/C13H17BrN2O3S2/c1-8-11(7-12(14)20-8)21(18,19)16-6-2-3-10(16)13(17)15-9-4-5-9/h7,9-10H,2-6H2,1H3,(H,15,17). The lowest BCUT2D eigenvalue weighted by molar-refractivity contribution is -0.124. The summed E-state index contributed by atoms with van der Waals surface area (Å²) in [5.74, 6) is -0.148. The van der Waals surface area contributed by atoms with Gasteiger partial charge in [-0.2, -0.15) is 4.31 Å². The molecule has 1 aromatic rings. The highest BCUT2D eigenvalue weighted by Crippen LogP contribution is 2.34. The molecule has 1 aliphatic heterocycles. The van der Waals surface area contributed by atoms with Gasteiger partial charge in [-0.25, -0.2) is 8.42 Å². The van der Waals surface area contributed by atoms with Crippen LogP contribution < -0.4 is 5.32 Å². The molecule has 1 amide bonds. The van der Waals surface area contributed by atoms with Gasteiger partial charge in [-0.05, 0) is 54.6 Å². The van der Waals surface area contributed by atoms with Crippen molar-refractivity contribution < 1.29 is 13.2 Å². The third kappa shape index (κ3) is 3.04. The van der Waals surface area contributed by atoms with Crippen LogP contribution in [0.15, 0.2) is 14.7 Å². The lowest BCUT2D eigenvalue weighted by Gasteiger charge is -2.23. The zero-order valence-electron chi connectivity index (χ0n) is 11.6. The number of sulfonamides is 1. The number of aryl methyl sites for hydroxylation is 1. The summed E-state index contributed by atoms with van der Waals surface area (Å²) in [6.45, 7) is 2.20. The Bertz CT molecular complexity index is 667. The van der Waals surface area contributed by atoms with Gasteiger partial charge < -0.3 is 5.32 Å². The van der Waals surface area contributed by atoms with Crippen LogP contribution in [-0.2, 0) is 14.8 Å². The average molecular weight is 393 g/mol. The molecule has 21 heavy (non-hydrogen) atoms. The minimum absolute atomic E-state index is 0.148. The van der Waals surface area contributed by atoms with Crippen LogP contribution in [0.4, 0.5) is 0 Å². The Labute approximate surface area is 136 Å². The van der Waals surface area contributed by atoms with Crippen LogP contribution >= 0.6 is 27.3 Å². The fraction of sp³-hybridized carbons (Fsp3) is 0.615. The van der Waals surface area contributed by atoms with Crippen LogP contribution in [0.1, 0.15) is 30.6 Å². The molecule has 2 aliphatic rings. The molecule has 3 rings (SSSR count). The first-order valence-electron chi connectivity index (χ1n) is 6.98. The first-order chi connectivity index (χ1) is 9.89. The second-order valence-corrected chi connectivity index (χ2v) is 10.0. The van der Waals surface area contributed by atoms with E-state index in [1.54, 1.807) is 13.0 Å². The van der Waals surface area contributed by atoms with Crippen LogP contribution in [0.5, 0.6) is 0 Å². The minimum Gasteiger partial charge on any atom is -0.352 e. The summed E-state index contributed by atoms with van der Waals surface area (Å²) in [5.41, 5.74) is 0. The van der Waals surface area contributed by atoms with E-state index in [9.17, 15) is 13.2 Å². The molecule has 0 bridgehead atoms. The first-order valence-corrected chi connectivity index (χ1v) is 10.0. The molecule has 1 N–H and O–H groups in total. The van der Waals surface area contributed by atoms with E-state index in [1.807, 2.05) is 0 Å². The van der Waals surface area contributed by atoms with Gasteiger partial charge in [0.25, 0.3) is 0 Å². The van der Waals surface area contributed by atoms with E-state index >= 15 is 0 Å². The Morgan fingerprint density at radius 3 is 2.71 bits per heavy atom. The Morgan fingerprint density at radius 1 is 1.43 bits per heavy atom. The molecule has 116 valence electrons. The maximum absolute atomic E-state index is 12.8. The van der Waals surface area contributed by atoms with Gasteiger partial charge in [0, 0.05) is 17.5 Å². The Morgan fingerprint density at radius 2 is 2.14 bits per heavy atom. The van der Waals surface area contributed by atoms with E-state index in [-0.39, 0.29) is 11.9 Å². The van der Waals surface area contributed by atoms with E-state index in [0.29, 0.717) is 17.9 Å². The van der Waals surface area contributed by atoms with Crippen LogP contribution in [0, 0.1) is 6.92 Å². The van der Waals surface area contributed by atoms with Crippen LogP contribution in [0.3, 0.4) is 0 Å². The second-order valence-electron chi connectivity index (χ2n) is 5.53. The van der Waals surface area contributed by atoms with Gasteiger partial charge in [0.2, 0.25) is 15.9 Å². The Balaban J connectivity index is 1.86. The third-order valence-electron chi connectivity index (χ3n) is 3.86. The average Bonchev–Trinajstić information content (AvgIpc) is 2.95. The summed E-state index contributed by atoms with van der Waals surface area (Å²) in [6, 6.07) is 1.32. The quantitative estimate of drug-likeness (QED) is 0.854. The molecule has 2 heterocycles. The zero-order valence-corrected chi connectivity index (χ0v) is 14.9. The van der Waals surface area contributed by atoms with Crippen LogP contribution in [-0.4, -0.2) is 37.3 Å². The van der Waals surface area contributed by atoms with Gasteiger partial charge in [-0.3, -0.25) is 4.79 Å². The number of amides is 1. The van der Waals surface area contributed by atoms with Gasteiger partial charge in [0.1, 0.15) is 6.04 Å². The second kappa shape index (κ2) is 5.64. The molecule has 0 radical (unpaired) electrons. The van der Waals surface area contributed by atoms with Crippen molar-refractivity contribution in [3.63, 3.8) is 0 Å². The lowest BCUT2D eigenvalue weighted by Crippen LogP contribution is -2.46. The van der Waals surface area contributed by atoms with Crippen molar-refractivity contribution >= 4 is 43.2 Å². The number of hydrogen-bond acceptors (Lipinski definition) is 4. The van der Waals surface area contributed by atoms with Gasteiger partial charge in [0.15, 0.2) is 0 Å². The Hall–Kier alpha value is -0.440. The van der Waals surface area contributed by atoms with Gasteiger partial charge in [0.05, 0.1) is 8.68 Å². The van der Waals surface area contributed by atoms with E-state index in [2.05, 4.69) is 21.2 Å². The summed E-state index contributed by atoms with van der Waals surface area (Å²) in [4.78, 5) is 13.3. The molecule has 0 aromatic carbocycles. The molecule has 1 aromatic heterocycles. The summed E-state index contributed by atoms with van der Waals surface area (Å²) < 4.78 is 27.8. The monoisotopic (exact) mass is 392 g/mol. The molecule has 0 spiro atoms. The number of carbonyl (C=O) groups is 1. The topological polar surface area (TPSA) is 66.5 Å². The Kier molecular flexibility index (Phi) is 4.15. The summed E-state index contributed by atoms with van der Waals surface area (Å²) in [6.07, 6.45) is 3.33. The van der Waals surface area contributed by atoms with Crippen molar-refractivity contribution in [2.24, 2.45) is 0 Å². The molecule has 1 atom stereocenters. The molecule has 5 nitrogen and oxygen atoms in total. The number of rotatable bonds is 4. The maximum atomic E-state index is 12.8.